The summed E-state index contributed by atoms with van der Waals surface area (Å²) >= 11 is 0. The Bertz CT molecular complexity index is 591. The number of furan rings is 1. The van der Waals surface area contributed by atoms with Gasteiger partial charge in [0.1, 0.15) is 5.58 Å². The number of carboxylic acid groups (broad SMARTS) is 1. The average Bonchev–Trinajstić information content (AvgIpc) is 2.86. The highest BCUT2D eigenvalue weighted by Crippen LogP contribution is 2.20. The number of benzene rings is 1. The highest BCUT2D eigenvalue weighted by molar-refractivity contribution is 5.91. The lowest BCUT2D eigenvalue weighted by Gasteiger charge is -2.08. The largest absolute Gasteiger partial charge is 0.475 e. The Kier molecular flexibility index (Phi) is 4.76. The topological polar surface area (TPSA) is 82.7 Å². The number of hydrogen-bond donors (Lipinski definition) is 3. The molecule has 1 aromatic carbocycles. The number of hydrogen-bond acceptors (Lipinski definition) is 4. The number of carboxylic acids is 1. The van der Waals surface area contributed by atoms with Crippen molar-refractivity contribution in [1.82, 2.24) is 5.32 Å². The molecule has 3 N–H and O–H groups in total. The molecule has 0 radical (unpaired) electrons. The van der Waals surface area contributed by atoms with E-state index >= 15 is 0 Å². The fourth-order valence-corrected chi connectivity index (χ4v) is 2.01. The molecule has 0 aliphatic carbocycles. The number of fused-ring (bicyclic) bond motifs is 1. The average molecular weight is 277 g/mol. The van der Waals surface area contributed by atoms with Crippen LogP contribution in [0.2, 0.25) is 0 Å². The van der Waals surface area contributed by atoms with Crippen molar-refractivity contribution >= 4 is 16.9 Å². The van der Waals surface area contributed by atoms with Crippen LogP contribution in [-0.4, -0.2) is 28.8 Å². The van der Waals surface area contributed by atoms with Crippen LogP contribution < -0.4 is 5.32 Å². The van der Waals surface area contributed by atoms with E-state index < -0.39 is 5.97 Å². The minimum absolute atomic E-state index is 0.0452. The van der Waals surface area contributed by atoms with Crippen LogP contribution in [0.15, 0.2) is 28.7 Å². The quantitative estimate of drug-likeness (QED) is 0.677. The van der Waals surface area contributed by atoms with Crippen molar-refractivity contribution in [2.24, 2.45) is 0 Å². The van der Waals surface area contributed by atoms with Crippen LogP contribution in [0.3, 0.4) is 0 Å². The molecule has 1 heterocycles. The van der Waals surface area contributed by atoms with Gasteiger partial charge in [-0.15, -0.1) is 0 Å². The third kappa shape index (κ3) is 3.59. The molecule has 0 spiro atoms. The van der Waals surface area contributed by atoms with Gasteiger partial charge in [-0.25, -0.2) is 4.79 Å². The normalized spacial score (nSPS) is 12.7. The molecule has 108 valence electrons. The fourth-order valence-electron chi connectivity index (χ4n) is 2.01. The fraction of sp³-hybridized carbons (Fsp3) is 0.400. The summed E-state index contributed by atoms with van der Waals surface area (Å²) in [5.74, 6) is -1.11. The van der Waals surface area contributed by atoms with Crippen LogP contribution in [0.4, 0.5) is 0 Å². The van der Waals surface area contributed by atoms with Crippen molar-refractivity contribution in [3.8, 4) is 0 Å². The Morgan fingerprint density at radius 1 is 1.40 bits per heavy atom. The first-order valence-corrected chi connectivity index (χ1v) is 6.74. The Morgan fingerprint density at radius 3 is 2.90 bits per heavy atom. The van der Waals surface area contributed by atoms with Gasteiger partial charge in [0, 0.05) is 11.9 Å². The van der Waals surface area contributed by atoms with Crippen molar-refractivity contribution in [1.29, 1.82) is 0 Å². The summed E-state index contributed by atoms with van der Waals surface area (Å²) in [6, 6.07) is 7.12. The summed E-state index contributed by atoms with van der Waals surface area (Å²) < 4.78 is 5.20. The van der Waals surface area contributed by atoms with Crippen molar-refractivity contribution in [3.63, 3.8) is 0 Å². The smallest absolute Gasteiger partial charge is 0.371 e. The minimum atomic E-state index is -1.06. The van der Waals surface area contributed by atoms with Crippen molar-refractivity contribution in [2.75, 3.05) is 6.54 Å². The third-order valence-electron chi connectivity index (χ3n) is 3.25. The molecular weight excluding hydrogens is 258 g/mol. The molecule has 0 bridgehead atoms. The van der Waals surface area contributed by atoms with E-state index in [2.05, 4.69) is 5.32 Å². The lowest BCUT2D eigenvalue weighted by atomic mass is 10.1. The van der Waals surface area contributed by atoms with E-state index in [9.17, 15) is 9.90 Å². The van der Waals surface area contributed by atoms with Crippen molar-refractivity contribution in [3.05, 3.63) is 35.6 Å². The van der Waals surface area contributed by atoms with E-state index in [1.165, 1.54) is 6.07 Å². The summed E-state index contributed by atoms with van der Waals surface area (Å²) in [6.45, 7) is 3.39. The van der Waals surface area contributed by atoms with Crippen LogP contribution in [0.1, 0.15) is 35.9 Å². The Morgan fingerprint density at radius 2 is 2.20 bits per heavy atom. The first kappa shape index (κ1) is 14.6. The van der Waals surface area contributed by atoms with E-state index in [-0.39, 0.29) is 11.9 Å². The first-order valence-electron chi connectivity index (χ1n) is 6.74. The highest BCUT2D eigenvalue weighted by atomic mass is 16.4. The zero-order chi connectivity index (χ0) is 14.5. The molecule has 0 saturated heterocycles. The molecule has 5 heteroatoms. The molecule has 1 atom stereocenters. The predicted octanol–water partition coefficient (Wildman–Crippen LogP) is 2.38. The minimum Gasteiger partial charge on any atom is -0.475 e. The van der Waals surface area contributed by atoms with E-state index in [4.69, 9.17) is 9.52 Å². The van der Waals surface area contributed by atoms with Gasteiger partial charge in [0.25, 0.3) is 0 Å². The highest BCUT2D eigenvalue weighted by Gasteiger charge is 2.10. The molecule has 0 fully saturated rings. The van der Waals surface area contributed by atoms with Crippen LogP contribution in [0.25, 0.3) is 11.0 Å². The van der Waals surface area contributed by atoms with Crippen LogP contribution in [0, 0.1) is 0 Å². The van der Waals surface area contributed by atoms with Gasteiger partial charge in [-0.3, -0.25) is 0 Å². The maximum Gasteiger partial charge on any atom is 0.371 e. The third-order valence-corrected chi connectivity index (χ3v) is 3.25. The van der Waals surface area contributed by atoms with Gasteiger partial charge in [0.2, 0.25) is 5.76 Å². The lowest BCUT2D eigenvalue weighted by molar-refractivity contribution is 0.0665. The SMILES string of the molecule is CCC(O)CCNCc1ccc2oc(C(=O)O)cc2c1. The van der Waals surface area contributed by atoms with Crippen LogP contribution >= 0.6 is 0 Å². The standard InChI is InChI=1S/C15H19NO4/c1-2-12(17)5-6-16-9-10-3-4-13-11(7-10)8-14(20-13)15(18)19/h3-4,7-8,12,16-17H,2,5-6,9H2,1H3,(H,18,19). The molecule has 1 unspecified atom stereocenters. The maximum atomic E-state index is 10.8. The molecule has 0 aliphatic rings. The van der Waals surface area contributed by atoms with Gasteiger partial charge in [-0.05, 0) is 43.1 Å². The summed E-state index contributed by atoms with van der Waals surface area (Å²) in [5, 5.41) is 22.4. The van der Waals surface area contributed by atoms with Crippen LogP contribution in [0.5, 0.6) is 0 Å². The van der Waals surface area contributed by atoms with E-state index in [1.54, 1.807) is 6.07 Å². The molecule has 0 aliphatic heterocycles. The summed E-state index contributed by atoms with van der Waals surface area (Å²) in [6.07, 6.45) is 1.24. The lowest BCUT2D eigenvalue weighted by Crippen LogP contribution is -2.19. The predicted molar refractivity (Wildman–Crippen MR) is 75.8 cm³/mol. The van der Waals surface area contributed by atoms with Crippen LogP contribution in [-0.2, 0) is 6.54 Å². The van der Waals surface area contributed by atoms with Gasteiger partial charge >= 0.3 is 5.97 Å². The Balaban J connectivity index is 1.95. The summed E-state index contributed by atoms with van der Waals surface area (Å²) in [4.78, 5) is 10.8. The number of aromatic carboxylic acids is 1. The maximum absolute atomic E-state index is 10.8. The van der Waals surface area contributed by atoms with Crippen molar-refractivity contribution < 1.29 is 19.4 Å². The number of rotatable bonds is 7. The zero-order valence-electron chi connectivity index (χ0n) is 11.4. The van der Waals surface area contributed by atoms with Gasteiger partial charge in [0.05, 0.1) is 6.10 Å². The molecule has 20 heavy (non-hydrogen) atoms. The molecule has 1 aromatic heterocycles. The van der Waals surface area contributed by atoms with Gasteiger partial charge < -0.3 is 19.9 Å². The van der Waals surface area contributed by atoms with Gasteiger partial charge in [-0.1, -0.05) is 13.0 Å². The Labute approximate surface area is 117 Å². The number of carbonyl (C=O) groups is 1. The summed E-state index contributed by atoms with van der Waals surface area (Å²) in [5.41, 5.74) is 1.63. The number of nitrogens with one attached hydrogen (secondary N) is 1. The molecular formula is C15H19NO4. The molecule has 0 saturated carbocycles. The number of aliphatic hydroxyl groups excluding tert-OH is 1. The molecule has 2 rings (SSSR count). The van der Waals surface area contributed by atoms with E-state index in [0.29, 0.717) is 12.1 Å². The molecule has 2 aromatic rings. The second-order valence-corrected chi connectivity index (χ2v) is 4.82. The molecule has 5 nitrogen and oxygen atoms in total. The van der Waals surface area contributed by atoms with E-state index in [1.807, 2.05) is 19.1 Å². The molecule has 0 amide bonds. The first-order chi connectivity index (χ1) is 9.60. The van der Waals surface area contributed by atoms with E-state index in [0.717, 1.165) is 30.3 Å². The second kappa shape index (κ2) is 6.54. The van der Waals surface area contributed by atoms with Gasteiger partial charge in [0.15, 0.2) is 0 Å². The number of aliphatic hydroxyl groups is 1. The monoisotopic (exact) mass is 277 g/mol. The Hall–Kier alpha value is -1.85. The summed E-state index contributed by atoms with van der Waals surface area (Å²) in [7, 11) is 0. The van der Waals surface area contributed by atoms with Gasteiger partial charge in [-0.2, -0.15) is 0 Å². The second-order valence-electron chi connectivity index (χ2n) is 4.82. The zero-order valence-corrected chi connectivity index (χ0v) is 11.4. The van der Waals surface area contributed by atoms with Crippen molar-refractivity contribution in [2.45, 2.75) is 32.4 Å².